The molecule has 0 radical (unpaired) electrons. The topological polar surface area (TPSA) is 29.9 Å². The summed E-state index contributed by atoms with van der Waals surface area (Å²) in [5.41, 5.74) is 1.92. The van der Waals surface area contributed by atoms with Gasteiger partial charge < -0.3 is 9.88 Å². The Balaban J connectivity index is 1.89. The third kappa shape index (κ3) is 2.56. The lowest BCUT2D eigenvalue weighted by atomic mass is 10.3. The molecule has 0 saturated carbocycles. The monoisotopic (exact) mass is 307 g/mol. The van der Waals surface area contributed by atoms with Crippen molar-refractivity contribution in [2.75, 3.05) is 5.32 Å². The van der Waals surface area contributed by atoms with E-state index in [1.165, 1.54) is 0 Å². The van der Waals surface area contributed by atoms with Crippen LogP contribution in [-0.2, 0) is 13.6 Å². The van der Waals surface area contributed by atoms with E-state index < -0.39 is 11.6 Å². The van der Waals surface area contributed by atoms with Gasteiger partial charge in [-0.3, -0.25) is 0 Å². The van der Waals surface area contributed by atoms with Gasteiger partial charge >= 0.3 is 0 Å². The lowest BCUT2D eigenvalue weighted by molar-refractivity contribution is 0.585. The molecule has 0 amide bonds. The van der Waals surface area contributed by atoms with Crippen LogP contribution >= 0.6 is 11.6 Å². The first-order valence-electron chi connectivity index (χ1n) is 6.35. The lowest BCUT2D eigenvalue weighted by Crippen LogP contribution is -2.07. The van der Waals surface area contributed by atoms with Gasteiger partial charge in [-0.15, -0.1) is 0 Å². The van der Waals surface area contributed by atoms with E-state index in [0.29, 0.717) is 0 Å². The smallest absolute Gasteiger partial charge is 0.150 e. The van der Waals surface area contributed by atoms with Crippen LogP contribution in [0.5, 0.6) is 0 Å². The summed E-state index contributed by atoms with van der Waals surface area (Å²) in [5.74, 6) is -0.694. The van der Waals surface area contributed by atoms with Crippen LogP contribution in [0.1, 0.15) is 5.82 Å². The number of rotatable bonds is 3. The van der Waals surface area contributed by atoms with Crippen molar-refractivity contribution in [1.82, 2.24) is 9.55 Å². The number of nitrogens with zero attached hydrogens (tertiary/aromatic N) is 2. The summed E-state index contributed by atoms with van der Waals surface area (Å²) in [6, 6.07) is 9.56. The van der Waals surface area contributed by atoms with E-state index in [1.807, 2.05) is 35.9 Å². The predicted molar refractivity (Wildman–Crippen MR) is 79.4 cm³/mol. The quantitative estimate of drug-likeness (QED) is 0.789. The van der Waals surface area contributed by atoms with Crippen molar-refractivity contribution in [3.05, 3.63) is 58.9 Å². The molecule has 2 aromatic carbocycles. The summed E-state index contributed by atoms with van der Waals surface area (Å²) in [4.78, 5) is 4.47. The molecule has 1 aromatic heterocycles. The molecule has 0 spiro atoms. The van der Waals surface area contributed by atoms with Gasteiger partial charge in [-0.1, -0.05) is 23.7 Å². The minimum Gasteiger partial charge on any atom is -0.374 e. The van der Waals surface area contributed by atoms with Crippen LogP contribution in [-0.4, -0.2) is 9.55 Å². The fourth-order valence-corrected chi connectivity index (χ4v) is 2.49. The third-order valence-electron chi connectivity index (χ3n) is 3.31. The normalized spacial score (nSPS) is 11.0. The van der Waals surface area contributed by atoms with Gasteiger partial charge in [-0.05, 0) is 18.2 Å². The summed E-state index contributed by atoms with van der Waals surface area (Å²) in [7, 11) is 1.88. The standard InChI is InChI=1S/C15H12ClF2N3/c1-21-13-5-3-2-4-12(13)20-14(21)8-19-15-10(16)6-9(17)7-11(15)18/h2-7,19H,8H2,1H3. The molecule has 0 aliphatic rings. The van der Waals surface area contributed by atoms with Crippen LogP contribution < -0.4 is 5.32 Å². The van der Waals surface area contributed by atoms with Gasteiger partial charge in [0.15, 0.2) is 5.82 Å². The maximum absolute atomic E-state index is 13.7. The van der Waals surface area contributed by atoms with Gasteiger partial charge in [0, 0.05) is 13.1 Å². The Bertz CT molecular complexity index is 791. The third-order valence-corrected chi connectivity index (χ3v) is 3.61. The molecule has 0 bridgehead atoms. The second kappa shape index (κ2) is 5.33. The molecule has 0 fully saturated rings. The molecule has 108 valence electrons. The van der Waals surface area contributed by atoms with Crippen molar-refractivity contribution >= 4 is 28.3 Å². The van der Waals surface area contributed by atoms with Gasteiger partial charge in [0.2, 0.25) is 0 Å². The highest BCUT2D eigenvalue weighted by Crippen LogP contribution is 2.27. The van der Waals surface area contributed by atoms with Crippen LogP contribution in [0.2, 0.25) is 5.02 Å². The molecule has 3 aromatic rings. The summed E-state index contributed by atoms with van der Waals surface area (Å²) in [6.45, 7) is 0.285. The van der Waals surface area contributed by atoms with E-state index in [2.05, 4.69) is 10.3 Å². The average Bonchev–Trinajstić information content (AvgIpc) is 2.75. The molecular formula is C15H12ClF2N3. The van der Waals surface area contributed by atoms with Crippen LogP contribution in [0.3, 0.4) is 0 Å². The minimum atomic E-state index is -0.723. The Kier molecular flexibility index (Phi) is 3.51. The Morgan fingerprint density at radius 2 is 2.00 bits per heavy atom. The van der Waals surface area contributed by atoms with Gasteiger partial charge in [0.1, 0.15) is 11.6 Å². The van der Waals surface area contributed by atoms with Crippen molar-refractivity contribution in [3.8, 4) is 0 Å². The SMILES string of the molecule is Cn1c(CNc2c(F)cc(F)cc2Cl)nc2ccccc21. The highest BCUT2D eigenvalue weighted by molar-refractivity contribution is 6.33. The fraction of sp³-hybridized carbons (Fsp3) is 0.133. The zero-order valence-electron chi connectivity index (χ0n) is 11.2. The van der Waals surface area contributed by atoms with Crippen LogP contribution in [0, 0.1) is 11.6 Å². The molecular weight excluding hydrogens is 296 g/mol. The van der Waals surface area contributed by atoms with Crippen LogP contribution in [0.4, 0.5) is 14.5 Å². The van der Waals surface area contributed by atoms with E-state index in [4.69, 9.17) is 11.6 Å². The molecule has 6 heteroatoms. The Hall–Kier alpha value is -2.14. The first kappa shape index (κ1) is 13.8. The number of aryl methyl sites for hydroxylation is 1. The number of hydrogen-bond donors (Lipinski definition) is 1. The summed E-state index contributed by atoms with van der Waals surface area (Å²) in [6.07, 6.45) is 0. The van der Waals surface area contributed by atoms with E-state index >= 15 is 0 Å². The van der Waals surface area contributed by atoms with Crippen molar-refractivity contribution in [2.24, 2.45) is 7.05 Å². The second-order valence-electron chi connectivity index (χ2n) is 4.67. The molecule has 0 atom stereocenters. The Morgan fingerprint density at radius 1 is 1.24 bits per heavy atom. The summed E-state index contributed by atoms with van der Waals surface area (Å²) < 4.78 is 28.6. The Labute approximate surface area is 125 Å². The van der Waals surface area contributed by atoms with Crippen molar-refractivity contribution < 1.29 is 8.78 Å². The maximum Gasteiger partial charge on any atom is 0.150 e. The number of benzene rings is 2. The number of fused-ring (bicyclic) bond motifs is 1. The highest BCUT2D eigenvalue weighted by Gasteiger charge is 2.12. The van der Waals surface area contributed by atoms with Crippen LogP contribution in [0.15, 0.2) is 36.4 Å². The maximum atomic E-state index is 13.7. The van der Waals surface area contributed by atoms with E-state index in [0.717, 1.165) is 29.0 Å². The number of nitrogens with one attached hydrogen (secondary N) is 1. The van der Waals surface area contributed by atoms with Gasteiger partial charge in [0.25, 0.3) is 0 Å². The summed E-state index contributed by atoms with van der Waals surface area (Å²) >= 11 is 5.85. The fourth-order valence-electron chi connectivity index (χ4n) is 2.23. The lowest BCUT2D eigenvalue weighted by Gasteiger charge is -2.09. The van der Waals surface area contributed by atoms with Crippen molar-refractivity contribution in [3.63, 3.8) is 0 Å². The largest absolute Gasteiger partial charge is 0.374 e. The van der Waals surface area contributed by atoms with Gasteiger partial charge in [-0.25, -0.2) is 13.8 Å². The molecule has 21 heavy (non-hydrogen) atoms. The van der Waals surface area contributed by atoms with E-state index in [9.17, 15) is 8.78 Å². The second-order valence-corrected chi connectivity index (χ2v) is 5.08. The molecule has 0 aliphatic carbocycles. The first-order valence-corrected chi connectivity index (χ1v) is 6.73. The number of halogens is 3. The number of hydrogen-bond acceptors (Lipinski definition) is 2. The highest BCUT2D eigenvalue weighted by atomic mass is 35.5. The minimum absolute atomic E-state index is 0.00580. The number of aromatic nitrogens is 2. The molecule has 1 N–H and O–H groups in total. The molecule has 1 heterocycles. The molecule has 3 rings (SSSR count). The molecule has 0 saturated heterocycles. The Morgan fingerprint density at radius 3 is 2.71 bits per heavy atom. The van der Waals surface area contributed by atoms with Crippen molar-refractivity contribution in [2.45, 2.75) is 6.54 Å². The molecule has 0 aliphatic heterocycles. The molecule has 0 unspecified atom stereocenters. The van der Waals surface area contributed by atoms with E-state index in [1.54, 1.807) is 0 Å². The zero-order valence-corrected chi connectivity index (χ0v) is 12.0. The zero-order chi connectivity index (χ0) is 15.0. The first-order chi connectivity index (χ1) is 10.1. The van der Waals surface area contributed by atoms with Gasteiger partial charge in [-0.2, -0.15) is 0 Å². The summed E-state index contributed by atoms with van der Waals surface area (Å²) in [5, 5.41) is 2.88. The molecule has 3 nitrogen and oxygen atoms in total. The number of anilines is 1. The van der Waals surface area contributed by atoms with Gasteiger partial charge in [0.05, 0.1) is 28.3 Å². The predicted octanol–water partition coefficient (Wildman–Crippen LogP) is 4.12. The van der Waals surface area contributed by atoms with Crippen molar-refractivity contribution in [1.29, 1.82) is 0 Å². The van der Waals surface area contributed by atoms with Crippen LogP contribution in [0.25, 0.3) is 11.0 Å². The number of imidazole rings is 1. The number of para-hydroxylation sites is 2. The van der Waals surface area contributed by atoms with E-state index in [-0.39, 0.29) is 17.3 Å². The average molecular weight is 308 g/mol.